The zero-order valence-electron chi connectivity index (χ0n) is 5.67. The van der Waals surface area contributed by atoms with Gasteiger partial charge in [-0.2, -0.15) is 0 Å². The predicted molar refractivity (Wildman–Crippen MR) is 33.7 cm³/mol. The average molecular weight is 142 g/mol. The third-order valence-electron chi connectivity index (χ3n) is 2.52. The Morgan fingerprint density at radius 2 is 2.10 bits per heavy atom. The summed E-state index contributed by atoms with van der Waals surface area (Å²) in [4.78, 5) is 10.7. The van der Waals surface area contributed by atoms with Gasteiger partial charge in [0.1, 0.15) is 0 Å². The van der Waals surface area contributed by atoms with Crippen LogP contribution in [0.1, 0.15) is 25.7 Å². The van der Waals surface area contributed by atoms with Gasteiger partial charge in [0, 0.05) is 0 Å². The summed E-state index contributed by atoms with van der Waals surface area (Å²) < 4.78 is 5.32. The molecular formula is C7H10O3. The van der Waals surface area contributed by atoms with E-state index in [2.05, 4.69) is 0 Å². The molecule has 0 aromatic rings. The third-order valence-corrected chi connectivity index (χ3v) is 2.52. The van der Waals surface area contributed by atoms with Crippen LogP contribution in [0.15, 0.2) is 0 Å². The van der Waals surface area contributed by atoms with E-state index in [-0.39, 0.29) is 6.10 Å². The van der Waals surface area contributed by atoms with Crippen molar-refractivity contribution >= 4 is 5.97 Å². The molecule has 0 unspecified atom stereocenters. The second kappa shape index (κ2) is 1.72. The highest BCUT2D eigenvalue weighted by Gasteiger charge is 2.51. The fourth-order valence-electron chi connectivity index (χ4n) is 1.88. The molecule has 0 saturated carbocycles. The number of carboxylic acids is 1. The van der Waals surface area contributed by atoms with E-state index < -0.39 is 11.6 Å². The van der Waals surface area contributed by atoms with Crippen molar-refractivity contribution in [2.45, 2.75) is 37.4 Å². The van der Waals surface area contributed by atoms with E-state index in [4.69, 9.17) is 9.84 Å². The summed E-state index contributed by atoms with van der Waals surface area (Å²) >= 11 is 0. The number of hydrogen-bond acceptors (Lipinski definition) is 2. The third kappa shape index (κ3) is 0.611. The van der Waals surface area contributed by atoms with Crippen LogP contribution in [0.2, 0.25) is 0 Å². The van der Waals surface area contributed by atoms with Gasteiger partial charge in [-0.25, -0.2) is 4.79 Å². The highest BCUT2D eigenvalue weighted by molar-refractivity contribution is 5.78. The Kier molecular flexibility index (Phi) is 1.06. The van der Waals surface area contributed by atoms with E-state index in [0.29, 0.717) is 12.8 Å². The molecule has 0 atom stereocenters. The predicted octanol–water partition coefficient (Wildman–Crippen LogP) is 0.783. The normalized spacial score (nSPS) is 44.2. The summed E-state index contributed by atoms with van der Waals surface area (Å²) in [5.41, 5.74) is -0.773. The van der Waals surface area contributed by atoms with Crippen molar-refractivity contribution < 1.29 is 14.6 Å². The van der Waals surface area contributed by atoms with Crippen LogP contribution < -0.4 is 0 Å². The van der Waals surface area contributed by atoms with Gasteiger partial charge in [-0.3, -0.25) is 0 Å². The van der Waals surface area contributed by atoms with Crippen molar-refractivity contribution in [3.63, 3.8) is 0 Å². The molecule has 0 radical (unpaired) electrons. The molecule has 3 heteroatoms. The molecule has 2 rings (SSSR count). The van der Waals surface area contributed by atoms with Crippen molar-refractivity contribution in [2.24, 2.45) is 0 Å². The number of ether oxygens (including phenoxy) is 1. The van der Waals surface area contributed by atoms with Gasteiger partial charge in [-0.15, -0.1) is 0 Å². The number of hydrogen-bond donors (Lipinski definition) is 1. The Morgan fingerprint density at radius 1 is 1.50 bits per heavy atom. The van der Waals surface area contributed by atoms with Gasteiger partial charge in [0.15, 0.2) is 5.60 Å². The molecule has 2 saturated heterocycles. The van der Waals surface area contributed by atoms with Crippen LogP contribution in [-0.4, -0.2) is 22.8 Å². The first-order chi connectivity index (χ1) is 4.73. The molecule has 0 spiro atoms. The van der Waals surface area contributed by atoms with Gasteiger partial charge in [0.2, 0.25) is 0 Å². The lowest BCUT2D eigenvalue weighted by Gasteiger charge is -2.17. The lowest BCUT2D eigenvalue weighted by molar-refractivity contribution is -0.157. The van der Waals surface area contributed by atoms with Gasteiger partial charge in [-0.05, 0) is 25.7 Å². The largest absolute Gasteiger partial charge is 0.479 e. The standard InChI is InChI=1S/C7H10O3/c8-6(9)7-3-1-5(10-7)2-4-7/h5H,1-4H2,(H,8,9). The molecule has 3 nitrogen and oxygen atoms in total. The molecule has 0 aliphatic carbocycles. The summed E-state index contributed by atoms with van der Waals surface area (Å²) in [6.45, 7) is 0. The molecule has 0 amide bonds. The topological polar surface area (TPSA) is 46.5 Å². The van der Waals surface area contributed by atoms with Crippen molar-refractivity contribution in [1.82, 2.24) is 0 Å². The van der Waals surface area contributed by atoms with Gasteiger partial charge in [-0.1, -0.05) is 0 Å². The number of rotatable bonds is 1. The number of carboxylic acid groups (broad SMARTS) is 1. The van der Waals surface area contributed by atoms with Gasteiger partial charge in [0.05, 0.1) is 6.10 Å². The maximum Gasteiger partial charge on any atom is 0.335 e. The Morgan fingerprint density at radius 3 is 2.30 bits per heavy atom. The van der Waals surface area contributed by atoms with Crippen LogP contribution in [0.25, 0.3) is 0 Å². The molecule has 2 aliphatic rings. The molecule has 0 aromatic heterocycles. The molecule has 2 aliphatic heterocycles. The van der Waals surface area contributed by atoms with E-state index in [9.17, 15) is 4.79 Å². The molecular weight excluding hydrogens is 132 g/mol. The summed E-state index contributed by atoms with van der Waals surface area (Å²) in [5.74, 6) is -0.771. The molecule has 2 fully saturated rings. The fourth-order valence-corrected chi connectivity index (χ4v) is 1.88. The van der Waals surface area contributed by atoms with E-state index in [1.54, 1.807) is 0 Å². The van der Waals surface area contributed by atoms with Crippen LogP contribution in [0.4, 0.5) is 0 Å². The summed E-state index contributed by atoms with van der Waals surface area (Å²) in [6, 6.07) is 0. The zero-order chi connectivity index (χ0) is 7.19. The quantitative estimate of drug-likeness (QED) is 0.588. The highest BCUT2D eigenvalue weighted by Crippen LogP contribution is 2.43. The Hall–Kier alpha value is -0.570. The first-order valence-corrected chi connectivity index (χ1v) is 3.64. The van der Waals surface area contributed by atoms with Crippen LogP contribution in [0.3, 0.4) is 0 Å². The van der Waals surface area contributed by atoms with Crippen molar-refractivity contribution in [1.29, 1.82) is 0 Å². The molecule has 1 N–H and O–H groups in total. The van der Waals surface area contributed by atoms with Gasteiger partial charge in [0.25, 0.3) is 0 Å². The molecule has 10 heavy (non-hydrogen) atoms. The second-order valence-electron chi connectivity index (χ2n) is 3.12. The Labute approximate surface area is 59.0 Å². The highest BCUT2D eigenvalue weighted by atomic mass is 16.5. The van der Waals surface area contributed by atoms with Crippen molar-refractivity contribution in [3.05, 3.63) is 0 Å². The maximum atomic E-state index is 10.7. The summed E-state index contributed by atoms with van der Waals surface area (Å²) in [5, 5.41) is 8.77. The minimum atomic E-state index is -0.773. The van der Waals surface area contributed by atoms with E-state index in [1.165, 1.54) is 0 Å². The monoisotopic (exact) mass is 142 g/mol. The second-order valence-corrected chi connectivity index (χ2v) is 3.12. The minimum absolute atomic E-state index is 0.246. The summed E-state index contributed by atoms with van der Waals surface area (Å²) in [7, 11) is 0. The van der Waals surface area contributed by atoms with Crippen LogP contribution in [0.5, 0.6) is 0 Å². The molecule has 2 heterocycles. The number of carbonyl (C=O) groups is 1. The van der Waals surface area contributed by atoms with Gasteiger partial charge >= 0.3 is 5.97 Å². The minimum Gasteiger partial charge on any atom is -0.479 e. The maximum absolute atomic E-state index is 10.7. The van der Waals surface area contributed by atoms with Crippen LogP contribution in [0, 0.1) is 0 Å². The fraction of sp³-hybridized carbons (Fsp3) is 0.857. The zero-order valence-corrected chi connectivity index (χ0v) is 5.67. The molecule has 56 valence electrons. The number of fused-ring (bicyclic) bond motifs is 2. The SMILES string of the molecule is O=C(O)C12CCC(CC1)O2. The van der Waals surface area contributed by atoms with Crippen LogP contribution in [-0.2, 0) is 9.53 Å². The lowest BCUT2D eigenvalue weighted by atomic mass is 9.89. The first kappa shape index (κ1) is 6.16. The number of aliphatic carboxylic acids is 1. The smallest absolute Gasteiger partial charge is 0.335 e. The van der Waals surface area contributed by atoms with Crippen molar-refractivity contribution in [2.75, 3.05) is 0 Å². The Balaban J connectivity index is 2.23. The van der Waals surface area contributed by atoms with E-state index in [0.717, 1.165) is 12.8 Å². The Bertz CT molecular complexity index is 168. The molecule has 0 aromatic carbocycles. The van der Waals surface area contributed by atoms with Gasteiger partial charge < -0.3 is 9.84 Å². The first-order valence-electron chi connectivity index (χ1n) is 3.64. The molecule has 2 bridgehead atoms. The van der Waals surface area contributed by atoms with E-state index >= 15 is 0 Å². The van der Waals surface area contributed by atoms with E-state index in [1.807, 2.05) is 0 Å². The lowest BCUT2D eigenvalue weighted by Crippen LogP contribution is -2.34. The summed E-state index contributed by atoms with van der Waals surface area (Å²) in [6.07, 6.45) is 3.55. The van der Waals surface area contributed by atoms with Crippen molar-refractivity contribution in [3.8, 4) is 0 Å². The van der Waals surface area contributed by atoms with Crippen LogP contribution >= 0.6 is 0 Å². The average Bonchev–Trinajstić information content (AvgIpc) is 2.45.